The third-order valence-electron chi connectivity index (χ3n) is 8.26. The van der Waals surface area contributed by atoms with Crippen LogP contribution < -0.4 is 5.73 Å². The minimum Gasteiger partial charge on any atom is -0.480 e. The number of aliphatic carboxylic acids is 1. The fourth-order valence-electron chi connectivity index (χ4n) is 5.18. The summed E-state index contributed by atoms with van der Waals surface area (Å²) in [4.78, 5) is 45.7. The fraction of sp³-hybridized carbons (Fsp3) is 0.865. The van der Waals surface area contributed by atoms with Crippen molar-refractivity contribution in [3.05, 3.63) is 12.2 Å². The second kappa shape index (κ2) is 33.4. The molecule has 4 N–H and O–H groups in total. The Morgan fingerprint density at radius 1 is 0.612 bits per heavy atom. The van der Waals surface area contributed by atoms with Crippen molar-refractivity contribution in [3.63, 3.8) is 0 Å². The van der Waals surface area contributed by atoms with Gasteiger partial charge in [-0.05, 0) is 38.5 Å². The maximum Gasteiger partial charge on any atom is 0.472 e. The number of hydrogen-bond donors (Lipinski definition) is 3. The van der Waals surface area contributed by atoms with Crippen molar-refractivity contribution in [3.8, 4) is 0 Å². The molecule has 0 aliphatic rings. The van der Waals surface area contributed by atoms with Crippen LogP contribution in [0, 0.1) is 0 Å². The quantitative estimate of drug-likeness (QED) is 0.0244. The second-order valence-corrected chi connectivity index (χ2v) is 14.5. The molecule has 0 amide bonds. The fourth-order valence-corrected chi connectivity index (χ4v) is 5.95. The topological polar surface area (TPSA) is 172 Å². The summed E-state index contributed by atoms with van der Waals surface area (Å²) in [7, 11) is -4.70. The summed E-state index contributed by atoms with van der Waals surface area (Å²) < 4.78 is 32.5. The minimum atomic E-state index is -4.70. The molecule has 0 heterocycles. The number of allylic oxidation sites excluding steroid dienone is 2. The highest BCUT2D eigenvalue weighted by Gasteiger charge is 2.28. The van der Waals surface area contributed by atoms with Crippen LogP contribution in [0.3, 0.4) is 0 Å². The molecule has 0 saturated carbocycles. The molecule has 3 atom stereocenters. The summed E-state index contributed by atoms with van der Waals surface area (Å²) >= 11 is 0. The van der Waals surface area contributed by atoms with E-state index in [-0.39, 0.29) is 19.4 Å². The Morgan fingerprint density at radius 3 is 1.49 bits per heavy atom. The summed E-state index contributed by atoms with van der Waals surface area (Å²) in [6.45, 7) is 2.76. The molecule has 11 nitrogen and oxygen atoms in total. The van der Waals surface area contributed by atoms with E-state index in [4.69, 9.17) is 24.8 Å². The van der Waals surface area contributed by atoms with Gasteiger partial charge in [-0.15, -0.1) is 0 Å². The maximum atomic E-state index is 12.5. The van der Waals surface area contributed by atoms with Crippen molar-refractivity contribution < 1.29 is 47.5 Å². The highest BCUT2D eigenvalue weighted by molar-refractivity contribution is 7.47. The van der Waals surface area contributed by atoms with Crippen molar-refractivity contribution in [2.45, 2.75) is 187 Å². The van der Waals surface area contributed by atoms with E-state index in [0.29, 0.717) is 12.8 Å². The van der Waals surface area contributed by atoms with E-state index in [1.807, 2.05) is 0 Å². The Balaban J connectivity index is 4.41. The van der Waals surface area contributed by atoms with Gasteiger partial charge in [0.25, 0.3) is 0 Å². The molecule has 0 aromatic carbocycles. The molecule has 0 aromatic rings. The molecule has 49 heavy (non-hydrogen) atoms. The molecule has 0 fully saturated rings. The number of carboxylic acids is 1. The standard InChI is InChI=1S/C37H70NO10P/c1-3-5-7-9-11-13-15-16-17-18-19-21-22-24-26-28-35(39)45-30-33(31-46-49(43,44)47-32-34(38)37(41)42)48-36(40)29-27-25-23-20-14-12-10-8-6-4-2/h16-17,33-34H,3-15,18-32,38H2,1-2H3,(H,41,42)(H,43,44)/b17-16-/t33-,34+/m1/s1. The second-order valence-electron chi connectivity index (χ2n) is 13.1. The third-order valence-corrected chi connectivity index (χ3v) is 9.21. The van der Waals surface area contributed by atoms with Gasteiger partial charge in [-0.2, -0.15) is 0 Å². The third kappa shape index (κ3) is 33.1. The smallest absolute Gasteiger partial charge is 0.472 e. The maximum absolute atomic E-state index is 12.5. The van der Waals surface area contributed by atoms with Gasteiger partial charge in [0.1, 0.15) is 12.6 Å². The van der Waals surface area contributed by atoms with E-state index in [1.54, 1.807) is 0 Å². The van der Waals surface area contributed by atoms with Gasteiger partial charge in [0.15, 0.2) is 6.10 Å². The van der Waals surface area contributed by atoms with Crippen LogP contribution in [0.15, 0.2) is 12.2 Å². The van der Waals surface area contributed by atoms with E-state index >= 15 is 0 Å². The molecule has 0 saturated heterocycles. The minimum absolute atomic E-state index is 0.163. The zero-order chi connectivity index (χ0) is 36.4. The van der Waals surface area contributed by atoms with Gasteiger partial charge >= 0.3 is 25.7 Å². The molecular formula is C37H70NO10P. The van der Waals surface area contributed by atoms with Crippen LogP contribution in [-0.2, 0) is 37.5 Å². The number of carboxylic acid groups (broad SMARTS) is 1. The van der Waals surface area contributed by atoms with Crippen LogP contribution in [0.1, 0.15) is 174 Å². The first kappa shape index (κ1) is 47.2. The van der Waals surface area contributed by atoms with Crippen molar-refractivity contribution in [2.24, 2.45) is 5.73 Å². The van der Waals surface area contributed by atoms with E-state index in [9.17, 15) is 23.8 Å². The van der Waals surface area contributed by atoms with Crippen molar-refractivity contribution in [1.29, 1.82) is 0 Å². The Labute approximate surface area is 297 Å². The van der Waals surface area contributed by atoms with Gasteiger partial charge in [0.2, 0.25) is 0 Å². The number of nitrogens with two attached hydrogens (primary N) is 1. The number of unbranched alkanes of at least 4 members (excludes halogenated alkanes) is 20. The normalized spacial score (nSPS) is 14.0. The van der Waals surface area contributed by atoms with Crippen LogP contribution in [0.25, 0.3) is 0 Å². The lowest BCUT2D eigenvalue weighted by atomic mass is 10.1. The summed E-state index contributed by atoms with van der Waals surface area (Å²) in [5, 5.41) is 8.85. The van der Waals surface area contributed by atoms with Crippen LogP contribution in [0.4, 0.5) is 0 Å². The predicted octanol–water partition coefficient (Wildman–Crippen LogP) is 9.34. The Morgan fingerprint density at radius 2 is 1.02 bits per heavy atom. The van der Waals surface area contributed by atoms with Gasteiger partial charge in [-0.25, -0.2) is 4.57 Å². The summed E-state index contributed by atoms with van der Waals surface area (Å²) in [5.74, 6) is -2.38. The first-order valence-corrected chi connectivity index (χ1v) is 20.7. The number of phosphoric acid groups is 1. The first-order chi connectivity index (χ1) is 23.6. The number of ether oxygens (including phenoxy) is 2. The molecule has 0 aliphatic heterocycles. The number of carbonyl (C=O) groups excluding carboxylic acids is 2. The Bertz CT molecular complexity index is 900. The van der Waals surface area contributed by atoms with Crippen LogP contribution in [0.5, 0.6) is 0 Å². The molecule has 1 unspecified atom stereocenters. The van der Waals surface area contributed by atoms with E-state index in [1.165, 1.54) is 77.0 Å². The molecule has 0 spiro atoms. The zero-order valence-corrected chi connectivity index (χ0v) is 31.7. The van der Waals surface area contributed by atoms with Crippen LogP contribution >= 0.6 is 7.82 Å². The molecule has 0 aromatic heterocycles. The lowest BCUT2D eigenvalue weighted by Crippen LogP contribution is -2.34. The average Bonchev–Trinajstić information content (AvgIpc) is 3.07. The van der Waals surface area contributed by atoms with E-state index in [2.05, 4.69) is 30.5 Å². The van der Waals surface area contributed by atoms with E-state index < -0.39 is 51.1 Å². The number of phosphoric ester groups is 1. The van der Waals surface area contributed by atoms with Crippen molar-refractivity contribution in [1.82, 2.24) is 0 Å². The number of hydrogen-bond acceptors (Lipinski definition) is 9. The molecule has 12 heteroatoms. The van der Waals surface area contributed by atoms with Gasteiger partial charge < -0.3 is 25.2 Å². The molecule has 0 radical (unpaired) electrons. The largest absolute Gasteiger partial charge is 0.480 e. The van der Waals surface area contributed by atoms with Gasteiger partial charge in [-0.3, -0.25) is 23.4 Å². The highest BCUT2D eigenvalue weighted by atomic mass is 31.2. The van der Waals surface area contributed by atoms with Crippen LogP contribution in [0.2, 0.25) is 0 Å². The van der Waals surface area contributed by atoms with Gasteiger partial charge in [0, 0.05) is 12.8 Å². The van der Waals surface area contributed by atoms with Gasteiger partial charge in [-0.1, -0.05) is 135 Å². The first-order valence-electron chi connectivity index (χ1n) is 19.2. The molecule has 0 bridgehead atoms. The zero-order valence-electron chi connectivity index (χ0n) is 30.8. The highest BCUT2D eigenvalue weighted by Crippen LogP contribution is 2.43. The van der Waals surface area contributed by atoms with Gasteiger partial charge in [0.05, 0.1) is 13.2 Å². The number of carbonyl (C=O) groups is 3. The molecular weight excluding hydrogens is 649 g/mol. The number of esters is 2. The molecule has 288 valence electrons. The lowest BCUT2D eigenvalue weighted by molar-refractivity contribution is -0.161. The summed E-state index contributed by atoms with van der Waals surface area (Å²) in [6.07, 6.45) is 30.0. The van der Waals surface area contributed by atoms with Crippen molar-refractivity contribution >= 4 is 25.7 Å². The molecule has 0 aliphatic carbocycles. The van der Waals surface area contributed by atoms with Crippen LogP contribution in [-0.4, -0.2) is 59.9 Å². The average molecular weight is 720 g/mol. The monoisotopic (exact) mass is 719 g/mol. The van der Waals surface area contributed by atoms with E-state index in [0.717, 1.165) is 57.8 Å². The van der Waals surface area contributed by atoms with Crippen molar-refractivity contribution in [2.75, 3.05) is 19.8 Å². The lowest BCUT2D eigenvalue weighted by Gasteiger charge is -2.20. The Kier molecular flexibility index (Phi) is 32.2. The summed E-state index contributed by atoms with van der Waals surface area (Å²) in [6, 6.07) is -1.52. The Hall–Kier alpha value is -1.78. The predicted molar refractivity (Wildman–Crippen MR) is 194 cm³/mol. The molecule has 0 rings (SSSR count). The summed E-state index contributed by atoms with van der Waals surface area (Å²) in [5.41, 5.74) is 5.31. The SMILES string of the molecule is CCCCCCCC/C=C\CCCCCCCC(=O)OC[C@H](COP(=O)(O)OC[C@H](N)C(=O)O)OC(=O)CCCCCCCCCCCC. The number of rotatable bonds is 36.